The van der Waals surface area contributed by atoms with Crippen molar-refractivity contribution in [3.63, 3.8) is 0 Å². The lowest BCUT2D eigenvalue weighted by molar-refractivity contribution is 0.309. The van der Waals surface area contributed by atoms with E-state index in [1.165, 1.54) is 0 Å². The highest BCUT2D eigenvalue weighted by atomic mass is 32.2. The third-order valence-electron chi connectivity index (χ3n) is 0.201. The lowest BCUT2D eigenvalue weighted by Crippen LogP contribution is -1.71. The average Bonchev–Trinajstić information content (AvgIpc) is 1.41. The van der Waals surface area contributed by atoms with Crippen LogP contribution in [0.3, 0.4) is 0 Å². The molecule has 0 spiro atoms. The second-order valence-electron chi connectivity index (χ2n) is 0.611. The van der Waals surface area contributed by atoms with Crippen LogP contribution in [0.25, 0.3) is 0 Å². The summed E-state index contributed by atoms with van der Waals surface area (Å²) in [6.07, 6.45) is 1.96. The first kappa shape index (κ1) is 5.31. The second-order valence-corrected chi connectivity index (χ2v) is 1.42. The van der Waals surface area contributed by atoms with E-state index in [-0.39, 0.29) is 0 Å². The Morgan fingerprint density at radius 3 is 2.60 bits per heavy atom. The third-order valence-corrected chi connectivity index (χ3v) is 0.604. The molecule has 1 nitrogen and oxygen atoms in total. The second kappa shape index (κ2) is 4.31. The van der Waals surface area contributed by atoms with Gasteiger partial charge in [-0.25, -0.2) is 0 Å². The molecule has 0 amide bonds. The first-order valence-corrected chi connectivity index (χ1v) is 2.67. The van der Waals surface area contributed by atoms with Crippen molar-refractivity contribution in [1.29, 1.82) is 0 Å². The molecule has 0 bridgehead atoms. The molecule has 0 rings (SSSR count). The van der Waals surface area contributed by atoms with Crippen molar-refractivity contribution in [2.24, 2.45) is 0 Å². The van der Waals surface area contributed by atoms with E-state index in [1.807, 2.05) is 6.26 Å². The summed E-state index contributed by atoms with van der Waals surface area (Å²) in [6, 6.07) is 0. The minimum atomic E-state index is 0.694. The summed E-state index contributed by atoms with van der Waals surface area (Å²) >= 11 is 1.62. The van der Waals surface area contributed by atoms with Crippen LogP contribution >= 0.6 is 11.8 Å². The van der Waals surface area contributed by atoms with E-state index >= 15 is 0 Å². The van der Waals surface area contributed by atoms with Gasteiger partial charge in [-0.1, -0.05) is 0 Å². The van der Waals surface area contributed by atoms with E-state index in [4.69, 9.17) is 0 Å². The monoisotopic (exact) mass is 91.0 g/mol. The number of hydrogen-bond acceptors (Lipinski definition) is 2. The molecule has 0 aromatic carbocycles. The van der Waals surface area contributed by atoms with Crippen LogP contribution in [-0.4, -0.2) is 12.2 Å². The highest BCUT2D eigenvalue weighted by Gasteiger charge is 1.65. The molecule has 0 aliphatic heterocycles. The van der Waals surface area contributed by atoms with Gasteiger partial charge >= 0.3 is 0 Å². The minimum Gasteiger partial charge on any atom is -0.368 e. The van der Waals surface area contributed by atoms with Crippen molar-refractivity contribution in [1.82, 2.24) is 0 Å². The zero-order valence-corrected chi connectivity index (χ0v) is 4.05. The van der Waals surface area contributed by atoms with Gasteiger partial charge in [0.05, 0.1) is 13.0 Å². The Morgan fingerprint density at radius 1 is 2.00 bits per heavy atom. The van der Waals surface area contributed by atoms with Crippen LogP contribution in [0.15, 0.2) is 0 Å². The molecule has 31 valence electrons. The summed E-state index contributed by atoms with van der Waals surface area (Å²) in [5, 5.41) is 0. The predicted molar refractivity (Wildman–Crippen MR) is 24.8 cm³/mol. The van der Waals surface area contributed by atoms with Crippen LogP contribution in [0.5, 0.6) is 0 Å². The molecule has 0 aliphatic rings. The van der Waals surface area contributed by atoms with Crippen molar-refractivity contribution < 1.29 is 4.74 Å². The molecular weight excluding hydrogens is 84.1 g/mol. The van der Waals surface area contributed by atoms with Crippen molar-refractivity contribution >= 4 is 11.8 Å². The standard InChI is InChI=1S/C3H7OS/c1-4-3-5-2/h1,3H2,2H3. The summed E-state index contributed by atoms with van der Waals surface area (Å²) in [4.78, 5) is 0. The quantitative estimate of drug-likeness (QED) is 0.471. The number of rotatable bonds is 2. The van der Waals surface area contributed by atoms with Crippen molar-refractivity contribution in [2.75, 3.05) is 12.2 Å². The Hall–Kier alpha value is 0.310. The fourth-order valence-corrected chi connectivity index (χ4v) is 0.250. The summed E-state index contributed by atoms with van der Waals surface area (Å²) in [5.41, 5.74) is 0. The molecule has 5 heavy (non-hydrogen) atoms. The van der Waals surface area contributed by atoms with Gasteiger partial charge in [0.15, 0.2) is 0 Å². The molecular formula is C3H7OS. The third kappa shape index (κ3) is 4.31. The average molecular weight is 91.2 g/mol. The summed E-state index contributed by atoms with van der Waals surface area (Å²) in [6.45, 7) is 0. The molecule has 0 saturated heterocycles. The van der Waals surface area contributed by atoms with Gasteiger partial charge in [-0.3, -0.25) is 0 Å². The maximum Gasteiger partial charge on any atom is 0.0919 e. The molecule has 0 saturated carbocycles. The zero-order valence-electron chi connectivity index (χ0n) is 3.23. The van der Waals surface area contributed by atoms with Gasteiger partial charge in [-0.05, 0) is 6.26 Å². The fraction of sp³-hybridized carbons (Fsp3) is 0.667. The summed E-state index contributed by atoms with van der Waals surface area (Å²) in [5.74, 6) is 0.694. The van der Waals surface area contributed by atoms with Gasteiger partial charge in [0.25, 0.3) is 0 Å². The van der Waals surface area contributed by atoms with Gasteiger partial charge in [0, 0.05) is 0 Å². The molecule has 0 fully saturated rings. The zero-order chi connectivity index (χ0) is 4.12. The SMILES string of the molecule is [CH2]OCSC. The van der Waals surface area contributed by atoms with Crippen molar-refractivity contribution in [2.45, 2.75) is 0 Å². The first-order valence-electron chi connectivity index (χ1n) is 1.27. The van der Waals surface area contributed by atoms with Crippen LogP contribution < -0.4 is 0 Å². The van der Waals surface area contributed by atoms with E-state index in [0.29, 0.717) is 5.94 Å². The van der Waals surface area contributed by atoms with E-state index in [2.05, 4.69) is 11.8 Å². The van der Waals surface area contributed by atoms with Crippen LogP contribution in [0.4, 0.5) is 0 Å². The van der Waals surface area contributed by atoms with Crippen molar-refractivity contribution in [3.8, 4) is 0 Å². The maximum absolute atomic E-state index is 4.40. The molecule has 0 aromatic heterocycles. The Kier molecular flexibility index (Phi) is 4.58. The summed E-state index contributed by atoms with van der Waals surface area (Å²) in [7, 11) is 3.15. The Bertz CT molecular complexity index is 14.4. The van der Waals surface area contributed by atoms with E-state index in [0.717, 1.165) is 0 Å². The smallest absolute Gasteiger partial charge is 0.0919 e. The molecule has 0 atom stereocenters. The van der Waals surface area contributed by atoms with Crippen LogP contribution in [0.2, 0.25) is 0 Å². The maximum atomic E-state index is 4.40. The Balaban J connectivity index is 2.19. The minimum absolute atomic E-state index is 0.694. The van der Waals surface area contributed by atoms with Crippen LogP contribution in [0, 0.1) is 7.11 Å². The largest absolute Gasteiger partial charge is 0.368 e. The van der Waals surface area contributed by atoms with Crippen molar-refractivity contribution in [3.05, 3.63) is 7.11 Å². The highest BCUT2D eigenvalue weighted by molar-refractivity contribution is 7.98. The van der Waals surface area contributed by atoms with Gasteiger partial charge in [-0.2, -0.15) is 0 Å². The van der Waals surface area contributed by atoms with Gasteiger partial charge < -0.3 is 4.74 Å². The number of hydrogen-bond donors (Lipinski definition) is 0. The number of thioether (sulfide) groups is 1. The van der Waals surface area contributed by atoms with Gasteiger partial charge in [0.1, 0.15) is 0 Å². The molecule has 0 aliphatic carbocycles. The lowest BCUT2D eigenvalue weighted by Gasteiger charge is -1.84. The molecule has 1 radical (unpaired) electrons. The van der Waals surface area contributed by atoms with E-state index < -0.39 is 0 Å². The Labute approximate surface area is 36.7 Å². The van der Waals surface area contributed by atoms with Crippen LogP contribution in [-0.2, 0) is 4.74 Å². The topological polar surface area (TPSA) is 9.23 Å². The lowest BCUT2D eigenvalue weighted by atomic mass is 11.5. The molecule has 0 N–H and O–H groups in total. The normalized spacial score (nSPS) is 8.40. The fourth-order valence-electron chi connectivity index (χ4n) is 0.0833. The Morgan fingerprint density at radius 2 is 2.60 bits per heavy atom. The molecule has 0 unspecified atom stereocenters. The predicted octanol–water partition coefficient (Wildman–Crippen LogP) is 1.12. The summed E-state index contributed by atoms with van der Waals surface area (Å²) < 4.78 is 4.40. The van der Waals surface area contributed by atoms with E-state index in [9.17, 15) is 0 Å². The van der Waals surface area contributed by atoms with Crippen LogP contribution in [0.1, 0.15) is 0 Å². The first-order chi connectivity index (χ1) is 2.41. The van der Waals surface area contributed by atoms with E-state index in [1.54, 1.807) is 11.8 Å². The molecule has 2 heteroatoms. The molecule has 0 heterocycles. The van der Waals surface area contributed by atoms with Gasteiger partial charge in [-0.15, -0.1) is 11.8 Å². The van der Waals surface area contributed by atoms with Gasteiger partial charge in [0.2, 0.25) is 0 Å². The number of ether oxygens (including phenoxy) is 1. The molecule has 0 aromatic rings. The highest BCUT2D eigenvalue weighted by Crippen LogP contribution is 1.87.